The van der Waals surface area contributed by atoms with E-state index in [0.717, 1.165) is 49.9 Å². The molecule has 4 aromatic heterocycles. The Balaban J connectivity index is 1.13. The van der Waals surface area contributed by atoms with Crippen molar-refractivity contribution in [1.82, 2.24) is 19.4 Å². The summed E-state index contributed by atoms with van der Waals surface area (Å²) in [6, 6.07) is 51.7. The third kappa shape index (κ3) is 3.80. The molecule has 7 aromatic carbocycles. The van der Waals surface area contributed by atoms with E-state index in [9.17, 15) is 0 Å². The van der Waals surface area contributed by atoms with Crippen molar-refractivity contribution in [3.05, 3.63) is 151 Å². The third-order valence-corrected chi connectivity index (χ3v) is 10.4. The van der Waals surface area contributed by atoms with Crippen molar-refractivity contribution in [3.8, 4) is 33.5 Å². The summed E-state index contributed by atoms with van der Waals surface area (Å²) in [6.07, 6.45) is 0. The fourth-order valence-corrected chi connectivity index (χ4v) is 8.22. The van der Waals surface area contributed by atoms with Gasteiger partial charge in [-0.3, -0.25) is 0 Å². The lowest BCUT2D eigenvalue weighted by Crippen LogP contribution is -1.93. The van der Waals surface area contributed by atoms with Gasteiger partial charge in [-0.05, 0) is 70.1 Å². The first kappa shape index (κ1) is 26.8. The van der Waals surface area contributed by atoms with Crippen LogP contribution < -0.4 is 0 Å². The monoisotopic (exact) mass is 644 g/mol. The van der Waals surface area contributed by atoms with Crippen LogP contribution in [0, 0.1) is 0 Å². The average molecular weight is 645 g/mol. The van der Waals surface area contributed by atoms with Crippen molar-refractivity contribution in [2.75, 3.05) is 0 Å². The molecule has 0 saturated heterocycles. The number of nitrogens with zero attached hydrogens (tertiary/aromatic N) is 3. The molecule has 1 N–H and O–H groups in total. The van der Waals surface area contributed by atoms with Gasteiger partial charge in [0.05, 0.1) is 27.6 Å². The molecule has 0 aliphatic heterocycles. The van der Waals surface area contributed by atoms with E-state index in [4.69, 9.17) is 21.6 Å². The van der Waals surface area contributed by atoms with Crippen LogP contribution in [0.25, 0.3) is 104 Å². The van der Waals surface area contributed by atoms with Crippen molar-refractivity contribution in [3.63, 3.8) is 0 Å². The number of halogens is 1. The second kappa shape index (κ2) is 9.89. The molecule has 0 saturated carbocycles. The number of rotatable bonds is 3. The topological polar surface area (TPSA) is 46.0 Å². The summed E-state index contributed by atoms with van der Waals surface area (Å²) >= 11 is 6.81. The predicted molar refractivity (Wildman–Crippen MR) is 205 cm³/mol. The maximum Gasteiger partial charge on any atom is 0.156 e. The molecule has 11 aromatic rings. The van der Waals surface area contributed by atoms with E-state index in [-0.39, 0.29) is 0 Å². The lowest BCUT2D eigenvalue weighted by Gasteiger charge is -2.10. The van der Waals surface area contributed by atoms with Gasteiger partial charge in [0.1, 0.15) is 5.69 Å². The molecular weight excluding hydrogens is 620 g/mol. The molecule has 0 amide bonds. The Hall–Kier alpha value is -6.23. The smallest absolute Gasteiger partial charge is 0.156 e. The van der Waals surface area contributed by atoms with E-state index in [1.54, 1.807) is 0 Å². The quantitative estimate of drug-likeness (QED) is 0.208. The fourth-order valence-electron chi connectivity index (χ4n) is 7.98. The van der Waals surface area contributed by atoms with E-state index in [0.29, 0.717) is 10.8 Å². The van der Waals surface area contributed by atoms with Gasteiger partial charge in [-0.15, -0.1) is 0 Å². The van der Waals surface area contributed by atoms with Crippen LogP contribution in [0.3, 0.4) is 0 Å². The van der Waals surface area contributed by atoms with Crippen LogP contribution in [0.4, 0.5) is 0 Å². The third-order valence-electron chi connectivity index (χ3n) is 10.1. The first-order valence-corrected chi connectivity index (χ1v) is 16.8. The molecule has 0 fully saturated rings. The van der Waals surface area contributed by atoms with Crippen LogP contribution in [0.1, 0.15) is 0 Å². The van der Waals surface area contributed by atoms with Crippen LogP contribution in [0.5, 0.6) is 0 Å². The molecule has 0 bridgehead atoms. The van der Waals surface area contributed by atoms with Gasteiger partial charge < -0.3 is 9.38 Å². The zero-order chi connectivity index (χ0) is 32.2. The summed E-state index contributed by atoms with van der Waals surface area (Å²) < 4.78 is 2.47. The average Bonchev–Trinajstić information content (AvgIpc) is 3.66. The Morgan fingerprint density at radius 2 is 1.12 bits per heavy atom. The molecule has 0 aliphatic carbocycles. The van der Waals surface area contributed by atoms with Gasteiger partial charge in [0, 0.05) is 43.5 Å². The summed E-state index contributed by atoms with van der Waals surface area (Å²) in [7, 11) is 0. The number of hydrogen-bond acceptors (Lipinski definition) is 2. The Labute approximate surface area is 285 Å². The summed E-state index contributed by atoms with van der Waals surface area (Å²) in [6.45, 7) is 0. The van der Waals surface area contributed by atoms with Gasteiger partial charge in [-0.2, -0.15) is 0 Å². The van der Waals surface area contributed by atoms with Gasteiger partial charge >= 0.3 is 0 Å². The van der Waals surface area contributed by atoms with Crippen LogP contribution >= 0.6 is 11.6 Å². The highest BCUT2D eigenvalue weighted by atomic mass is 35.5. The maximum atomic E-state index is 6.81. The summed E-state index contributed by atoms with van der Waals surface area (Å²) in [5, 5.41) is 7.94. The number of hydrogen-bond donors (Lipinski definition) is 1. The minimum absolute atomic E-state index is 0.393. The molecule has 0 unspecified atom stereocenters. The van der Waals surface area contributed by atoms with Crippen molar-refractivity contribution < 1.29 is 0 Å². The number of para-hydroxylation sites is 1. The molecule has 0 radical (unpaired) electrons. The number of nitrogens with one attached hydrogen (secondary N) is 1. The highest BCUT2D eigenvalue weighted by molar-refractivity contribution is 6.32. The van der Waals surface area contributed by atoms with E-state index < -0.39 is 0 Å². The number of aromatic nitrogens is 4. The molecule has 0 aliphatic rings. The molecule has 5 heteroatoms. The lowest BCUT2D eigenvalue weighted by molar-refractivity contribution is 1.29. The normalized spacial score (nSPS) is 12.2. The molecule has 0 spiro atoms. The standard InChI is InChI=1S/C44H25ClN4/c45-44-42(47-37-23-27(19-21-34(37)48-44)25-8-2-1-3-9-25)29-11-4-10-26(22-29)28-18-20-30-32-13-5-14-33-31-12-6-15-35-40(31)41-36(46-35)16-7-17-38(41)49(43(32)33)39(30)24-28/h1-24,46H. The van der Waals surface area contributed by atoms with Gasteiger partial charge in [0.15, 0.2) is 5.15 Å². The Morgan fingerprint density at radius 3 is 2.02 bits per heavy atom. The Morgan fingerprint density at radius 1 is 0.449 bits per heavy atom. The summed E-state index contributed by atoms with van der Waals surface area (Å²) in [4.78, 5) is 13.5. The molecule has 4 heterocycles. The summed E-state index contributed by atoms with van der Waals surface area (Å²) in [5.74, 6) is 0. The zero-order valence-corrected chi connectivity index (χ0v) is 26.8. The molecular formula is C44H25ClN4. The second-order valence-corrected chi connectivity index (χ2v) is 13.2. The Kier molecular flexibility index (Phi) is 5.41. The largest absolute Gasteiger partial charge is 0.354 e. The number of benzene rings is 7. The minimum atomic E-state index is 0.393. The highest BCUT2D eigenvalue weighted by Gasteiger charge is 2.19. The van der Waals surface area contributed by atoms with Crippen molar-refractivity contribution in [2.24, 2.45) is 0 Å². The van der Waals surface area contributed by atoms with Crippen molar-refractivity contribution in [1.29, 1.82) is 0 Å². The number of aromatic amines is 1. The molecule has 228 valence electrons. The lowest BCUT2D eigenvalue weighted by atomic mass is 9.99. The van der Waals surface area contributed by atoms with E-state index >= 15 is 0 Å². The maximum absolute atomic E-state index is 6.81. The van der Waals surface area contributed by atoms with E-state index in [1.807, 2.05) is 24.3 Å². The first-order chi connectivity index (χ1) is 24.2. The van der Waals surface area contributed by atoms with Crippen LogP contribution in [-0.2, 0) is 0 Å². The predicted octanol–water partition coefficient (Wildman–Crippen LogP) is 12.1. The molecule has 4 nitrogen and oxygen atoms in total. The SMILES string of the molecule is Clc1nc2ccc(-c3ccccc3)cc2nc1-c1cccc(-c2ccc3c4cccc5c6cccc7[nH]c8cccc(c8c76)n(c3c2)c54)c1. The van der Waals surface area contributed by atoms with Gasteiger partial charge in [-0.1, -0.05) is 115 Å². The first-order valence-electron chi connectivity index (χ1n) is 16.4. The zero-order valence-electron chi connectivity index (χ0n) is 26.1. The van der Waals surface area contributed by atoms with E-state index in [2.05, 4.69) is 131 Å². The van der Waals surface area contributed by atoms with Crippen LogP contribution in [0.2, 0.25) is 5.15 Å². The van der Waals surface area contributed by atoms with Crippen LogP contribution in [-0.4, -0.2) is 19.4 Å². The van der Waals surface area contributed by atoms with Gasteiger partial charge in [-0.25, -0.2) is 9.97 Å². The fraction of sp³-hybridized carbons (Fsp3) is 0. The van der Waals surface area contributed by atoms with Gasteiger partial charge in [0.25, 0.3) is 0 Å². The number of fused-ring (bicyclic) bond motifs is 6. The summed E-state index contributed by atoms with van der Waals surface area (Å²) in [5.41, 5.74) is 13.6. The highest BCUT2D eigenvalue weighted by Crippen LogP contribution is 2.43. The van der Waals surface area contributed by atoms with Gasteiger partial charge in [0.2, 0.25) is 0 Å². The molecule has 0 atom stereocenters. The Bertz CT molecular complexity index is 3120. The van der Waals surface area contributed by atoms with Crippen LogP contribution in [0.15, 0.2) is 146 Å². The number of H-pyrrole nitrogens is 1. The van der Waals surface area contributed by atoms with Crippen molar-refractivity contribution in [2.45, 2.75) is 0 Å². The van der Waals surface area contributed by atoms with E-state index in [1.165, 1.54) is 48.9 Å². The molecule has 11 rings (SSSR count). The second-order valence-electron chi connectivity index (χ2n) is 12.8. The minimum Gasteiger partial charge on any atom is -0.354 e. The molecule has 49 heavy (non-hydrogen) atoms. The van der Waals surface area contributed by atoms with Crippen molar-refractivity contribution >= 4 is 82.5 Å².